The van der Waals surface area contributed by atoms with Gasteiger partial charge in [-0.25, -0.2) is 0 Å². The van der Waals surface area contributed by atoms with Gasteiger partial charge < -0.3 is 28.8 Å². The smallest absolute Gasteiger partial charge is 0.268 e. The topological polar surface area (TPSA) is 108 Å². The first-order valence-electron chi connectivity index (χ1n) is 22.2. The number of rotatable bonds is 40. The average Bonchev–Trinajstić information content (AvgIpc) is 3.10. The van der Waals surface area contributed by atoms with E-state index in [0.717, 1.165) is 38.5 Å². The summed E-state index contributed by atoms with van der Waals surface area (Å²) in [6.45, 7) is 4.59. The van der Waals surface area contributed by atoms with Crippen LogP contribution in [0.1, 0.15) is 200 Å². The Labute approximate surface area is 328 Å². The summed E-state index contributed by atoms with van der Waals surface area (Å²) >= 11 is 0. The van der Waals surface area contributed by atoms with Gasteiger partial charge in [0.05, 0.1) is 39.9 Å². The molecule has 0 aliphatic rings. The molecule has 53 heavy (non-hydrogen) atoms. The largest absolute Gasteiger partial charge is 0.756 e. The summed E-state index contributed by atoms with van der Waals surface area (Å²) in [5.41, 5.74) is 0. The second-order valence-electron chi connectivity index (χ2n) is 16.4. The minimum absolute atomic E-state index is 0.000869. The summed E-state index contributed by atoms with van der Waals surface area (Å²) in [5.74, 6) is -0.199. The maximum atomic E-state index is 12.8. The SMILES string of the molecule is CCC/C=C/CCCCCCCC/C=C/[C@@H](O)[C@H](COP(=O)([O-])OCC[N+](C)(C)C)NC(=O)CCCCCCCCCCCCCCCCCCCC. The van der Waals surface area contributed by atoms with Crippen LogP contribution in [0.2, 0.25) is 0 Å². The number of allylic oxidation sites excluding steroid dienone is 3. The Bertz CT molecular complexity index is 922. The van der Waals surface area contributed by atoms with Gasteiger partial charge in [0.1, 0.15) is 13.2 Å². The number of likely N-dealkylation sites (N-methyl/N-ethyl adjacent to an activating group) is 1. The highest BCUT2D eigenvalue weighted by Crippen LogP contribution is 2.38. The van der Waals surface area contributed by atoms with Crippen LogP contribution in [0.15, 0.2) is 24.3 Å². The van der Waals surface area contributed by atoms with Crippen molar-refractivity contribution < 1.29 is 32.9 Å². The highest BCUT2D eigenvalue weighted by molar-refractivity contribution is 7.45. The zero-order valence-electron chi connectivity index (χ0n) is 35.5. The molecule has 0 radical (unpaired) electrons. The molecule has 0 aromatic rings. The van der Waals surface area contributed by atoms with Crippen LogP contribution in [0.5, 0.6) is 0 Å². The number of carbonyl (C=O) groups is 1. The molecule has 0 fully saturated rings. The van der Waals surface area contributed by atoms with Crippen LogP contribution in [0, 0.1) is 0 Å². The molecule has 0 rings (SSSR count). The molecule has 1 unspecified atom stereocenters. The van der Waals surface area contributed by atoms with Crippen molar-refractivity contribution in [2.24, 2.45) is 0 Å². The van der Waals surface area contributed by atoms with Crippen molar-refractivity contribution in [2.75, 3.05) is 40.9 Å². The molecule has 8 nitrogen and oxygen atoms in total. The first kappa shape index (κ1) is 52.0. The minimum Gasteiger partial charge on any atom is -0.756 e. The van der Waals surface area contributed by atoms with Gasteiger partial charge in [-0.05, 0) is 38.5 Å². The molecule has 0 aromatic carbocycles. The number of phosphoric acid groups is 1. The molecule has 1 amide bonds. The number of hydrogen-bond acceptors (Lipinski definition) is 6. The Hall–Kier alpha value is -1.02. The molecule has 0 bridgehead atoms. The van der Waals surface area contributed by atoms with Crippen molar-refractivity contribution in [1.82, 2.24) is 5.32 Å². The van der Waals surface area contributed by atoms with Crippen LogP contribution >= 0.6 is 7.82 Å². The Morgan fingerprint density at radius 2 is 1.08 bits per heavy atom. The van der Waals surface area contributed by atoms with Crippen molar-refractivity contribution in [2.45, 2.75) is 212 Å². The van der Waals surface area contributed by atoms with E-state index < -0.39 is 20.0 Å². The summed E-state index contributed by atoms with van der Waals surface area (Å²) in [7, 11) is 1.26. The first-order chi connectivity index (χ1) is 25.5. The first-order valence-corrected chi connectivity index (χ1v) is 23.7. The lowest BCUT2D eigenvalue weighted by atomic mass is 10.0. The van der Waals surface area contributed by atoms with E-state index in [1.807, 2.05) is 27.2 Å². The van der Waals surface area contributed by atoms with Crippen LogP contribution < -0.4 is 10.2 Å². The van der Waals surface area contributed by atoms with Gasteiger partial charge in [-0.2, -0.15) is 0 Å². The van der Waals surface area contributed by atoms with Gasteiger partial charge in [-0.3, -0.25) is 9.36 Å². The van der Waals surface area contributed by atoms with Gasteiger partial charge in [-0.15, -0.1) is 0 Å². The Morgan fingerprint density at radius 3 is 1.55 bits per heavy atom. The summed E-state index contributed by atoms with van der Waals surface area (Å²) in [5, 5.41) is 13.8. The van der Waals surface area contributed by atoms with E-state index in [1.54, 1.807) is 6.08 Å². The van der Waals surface area contributed by atoms with Crippen molar-refractivity contribution in [1.29, 1.82) is 0 Å². The summed E-state index contributed by atoms with van der Waals surface area (Å²) < 4.78 is 23.2. The van der Waals surface area contributed by atoms with Crippen LogP contribution in [0.25, 0.3) is 0 Å². The molecule has 0 heterocycles. The third-order valence-electron chi connectivity index (χ3n) is 9.89. The van der Waals surface area contributed by atoms with E-state index in [9.17, 15) is 19.4 Å². The van der Waals surface area contributed by atoms with Gasteiger partial charge >= 0.3 is 0 Å². The maximum Gasteiger partial charge on any atom is 0.268 e. The van der Waals surface area contributed by atoms with Crippen molar-refractivity contribution >= 4 is 13.7 Å². The van der Waals surface area contributed by atoms with Crippen LogP contribution in [0.3, 0.4) is 0 Å². The molecule has 0 aliphatic heterocycles. The van der Waals surface area contributed by atoms with E-state index >= 15 is 0 Å². The van der Waals surface area contributed by atoms with Crippen LogP contribution in [-0.2, 0) is 18.4 Å². The summed E-state index contributed by atoms with van der Waals surface area (Å²) in [6.07, 6.45) is 42.2. The number of aliphatic hydroxyl groups excluding tert-OH is 1. The zero-order chi connectivity index (χ0) is 39.3. The fraction of sp³-hybridized carbons (Fsp3) is 0.886. The number of carbonyl (C=O) groups excluding carboxylic acids is 1. The van der Waals surface area contributed by atoms with E-state index in [0.29, 0.717) is 17.4 Å². The Morgan fingerprint density at radius 1 is 0.642 bits per heavy atom. The molecule has 0 spiro atoms. The van der Waals surface area contributed by atoms with E-state index in [1.165, 1.54) is 141 Å². The number of aliphatic hydroxyl groups is 1. The molecular weight excluding hydrogens is 683 g/mol. The predicted octanol–water partition coefficient (Wildman–Crippen LogP) is 11.5. The second kappa shape index (κ2) is 36.6. The highest BCUT2D eigenvalue weighted by Gasteiger charge is 2.23. The number of hydrogen-bond donors (Lipinski definition) is 2. The molecule has 0 saturated carbocycles. The molecule has 0 aromatic heterocycles. The van der Waals surface area contributed by atoms with E-state index in [-0.39, 0.29) is 19.1 Å². The number of nitrogens with zero attached hydrogens (tertiary/aromatic N) is 1. The quantitative estimate of drug-likeness (QED) is 0.0278. The number of nitrogens with one attached hydrogen (secondary N) is 1. The second-order valence-corrected chi connectivity index (χ2v) is 17.8. The van der Waals surface area contributed by atoms with Crippen molar-refractivity contribution in [3.63, 3.8) is 0 Å². The highest BCUT2D eigenvalue weighted by atomic mass is 31.2. The van der Waals surface area contributed by atoms with Gasteiger partial charge in [-0.1, -0.05) is 179 Å². The zero-order valence-corrected chi connectivity index (χ0v) is 36.4. The average molecular weight is 771 g/mol. The fourth-order valence-corrected chi connectivity index (χ4v) is 7.05. The molecule has 9 heteroatoms. The van der Waals surface area contributed by atoms with Crippen LogP contribution in [0.4, 0.5) is 0 Å². The fourth-order valence-electron chi connectivity index (χ4n) is 6.33. The summed E-state index contributed by atoms with van der Waals surface area (Å²) in [4.78, 5) is 25.3. The number of phosphoric ester groups is 1. The number of quaternary nitrogens is 1. The Kier molecular flexibility index (Phi) is 35.9. The van der Waals surface area contributed by atoms with Gasteiger partial charge in [0.15, 0.2) is 0 Å². The van der Waals surface area contributed by atoms with Gasteiger partial charge in [0.25, 0.3) is 7.82 Å². The van der Waals surface area contributed by atoms with Crippen molar-refractivity contribution in [3.05, 3.63) is 24.3 Å². The maximum absolute atomic E-state index is 12.8. The lowest BCUT2D eigenvalue weighted by molar-refractivity contribution is -0.870. The minimum atomic E-state index is -4.58. The third-order valence-corrected chi connectivity index (χ3v) is 10.9. The molecule has 0 aliphatic carbocycles. The van der Waals surface area contributed by atoms with E-state index in [2.05, 4.69) is 31.3 Å². The predicted molar refractivity (Wildman–Crippen MR) is 224 cm³/mol. The molecule has 0 saturated heterocycles. The number of unbranched alkanes of at least 4 members (excludes halogenated alkanes) is 25. The monoisotopic (exact) mass is 771 g/mol. The molecule has 314 valence electrons. The van der Waals surface area contributed by atoms with Crippen LogP contribution in [-0.4, -0.2) is 68.5 Å². The lowest BCUT2D eigenvalue weighted by Gasteiger charge is -2.29. The van der Waals surface area contributed by atoms with Crippen molar-refractivity contribution in [3.8, 4) is 0 Å². The van der Waals surface area contributed by atoms with E-state index in [4.69, 9.17) is 9.05 Å². The number of amides is 1. The third kappa shape index (κ3) is 39.0. The molecule has 3 atom stereocenters. The molecular formula is C44H87N2O6P. The molecule has 2 N–H and O–H groups in total. The van der Waals surface area contributed by atoms with Gasteiger partial charge in [0.2, 0.25) is 5.91 Å². The van der Waals surface area contributed by atoms with Gasteiger partial charge in [0, 0.05) is 6.42 Å². The standard InChI is InChI=1S/C44H87N2O6P/c1-6-8-10-12-14-16-18-20-21-22-23-24-26-28-30-32-34-36-38-44(48)45-42(41-52-53(49,50)51-40-39-46(3,4)5)43(47)37-35-33-31-29-27-25-19-17-15-13-11-9-7-2/h11,13,35,37,42-43,47H,6-10,12,14-34,36,38-41H2,1-5H3,(H-,45,48,49,50)/b13-11+,37-35+/t42-,43+/m0/s1. The summed E-state index contributed by atoms with van der Waals surface area (Å²) in [6, 6.07) is -0.884. The lowest BCUT2D eigenvalue weighted by Crippen LogP contribution is -2.45. The Balaban J connectivity index is 4.37. The normalized spacial score (nSPS) is 14.6.